The second kappa shape index (κ2) is 4.88. The van der Waals surface area contributed by atoms with Crippen molar-refractivity contribution in [1.82, 2.24) is 0 Å². The van der Waals surface area contributed by atoms with Gasteiger partial charge in [0.1, 0.15) is 6.61 Å². The van der Waals surface area contributed by atoms with Crippen LogP contribution in [0.1, 0.15) is 33.3 Å². The fraction of sp³-hybridized carbons (Fsp3) is 0.533. The van der Waals surface area contributed by atoms with Crippen LogP contribution in [-0.2, 0) is 20.7 Å². The minimum atomic E-state index is -0.536. The maximum absolute atomic E-state index is 11.6. The molecule has 2 aliphatic heterocycles. The molecule has 0 unspecified atom stereocenters. The van der Waals surface area contributed by atoms with Gasteiger partial charge in [0, 0.05) is 23.1 Å². The number of benzene rings is 1. The first-order chi connectivity index (χ1) is 10.1. The predicted octanol–water partition coefficient (Wildman–Crippen LogP) is 2.73. The van der Waals surface area contributed by atoms with E-state index >= 15 is 0 Å². The van der Waals surface area contributed by atoms with Crippen molar-refractivity contribution in [2.24, 2.45) is 0 Å². The molecule has 1 saturated heterocycles. The number of fused-ring (bicyclic) bond motifs is 1. The van der Waals surface area contributed by atoms with Crippen LogP contribution in [0.4, 0.5) is 10.5 Å². The van der Waals surface area contributed by atoms with Crippen molar-refractivity contribution in [2.45, 2.75) is 45.5 Å². The van der Waals surface area contributed by atoms with E-state index in [1.165, 1.54) is 4.90 Å². The van der Waals surface area contributed by atoms with E-state index in [0.717, 1.165) is 16.7 Å². The van der Waals surface area contributed by atoms with Crippen LogP contribution in [0.2, 0.25) is 5.02 Å². The van der Waals surface area contributed by atoms with Gasteiger partial charge < -0.3 is 14.0 Å². The summed E-state index contributed by atoms with van der Waals surface area (Å²) in [5.74, 6) is 0. The maximum atomic E-state index is 11.6. The van der Waals surface area contributed by atoms with Crippen molar-refractivity contribution in [3.63, 3.8) is 0 Å². The van der Waals surface area contributed by atoms with Crippen LogP contribution >= 0.6 is 11.6 Å². The molecule has 118 valence electrons. The van der Waals surface area contributed by atoms with Crippen LogP contribution in [0.5, 0.6) is 0 Å². The maximum Gasteiger partial charge on any atom is 0.496 e. The number of carbonyl (C=O) groups is 1. The number of carbonyl (C=O) groups excluding carboxylic acids is 1. The molecule has 1 aromatic carbocycles. The van der Waals surface area contributed by atoms with Crippen LogP contribution in [0, 0.1) is 0 Å². The van der Waals surface area contributed by atoms with Crippen LogP contribution in [0.15, 0.2) is 12.1 Å². The average Bonchev–Trinajstić information content (AvgIpc) is 2.63. The molecule has 0 aliphatic carbocycles. The molecule has 3 rings (SSSR count). The van der Waals surface area contributed by atoms with Gasteiger partial charge in [-0.25, -0.2) is 4.79 Å². The van der Waals surface area contributed by atoms with Crippen molar-refractivity contribution in [3.05, 3.63) is 22.7 Å². The van der Waals surface area contributed by atoms with Crippen molar-refractivity contribution < 1.29 is 18.8 Å². The number of amides is 1. The lowest BCUT2D eigenvalue weighted by Crippen LogP contribution is -2.41. The van der Waals surface area contributed by atoms with Crippen molar-refractivity contribution in [3.8, 4) is 0 Å². The highest BCUT2D eigenvalue weighted by Gasteiger charge is 2.52. The Kier molecular flexibility index (Phi) is 3.47. The molecular formula is C15H19BClNO4. The number of anilines is 1. The third kappa shape index (κ3) is 2.21. The van der Waals surface area contributed by atoms with Crippen LogP contribution in [0.3, 0.4) is 0 Å². The van der Waals surface area contributed by atoms with Gasteiger partial charge in [-0.15, -0.1) is 0 Å². The van der Waals surface area contributed by atoms with Crippen LogP contribution in [0.25, 0.3) is 0 Å². The lowest BCUT2D eigenvalue weighted by atomic mass is 9.78. The molecule has 0 N–H and O–H groups in total. The molecule has 0 aromatic heterocycles. The van der Waals surface area contributed by atoms with Gasteiger partial charge in [0.05, 0.1) is 16.9 Å². The highest BCUT2D eigenvalue weighted by Crippen LogP contribution is 2.38. The van der Waals surface area contributed by atoms with E-state index in [2.05, 4.69) is 0 Å². The quantitative estimate of drug-likeness (QED) is 0.746. The average molecular weight is 324 g/mol. The SMILES string of the molecule is CN1C(=O)OCc2c1ccc(B1OC(C)(C)C(C)(C)O1)c2Cl. The fourth-order valence-electron chi connectivity index (χ4n) is 2.56. The smallest absolute Gasteiger partial charge is 0.444 e. The van der Waals surface area contributed by atoms with Crippen molar-refractivity contribution >= 4 is 36.0 Å². The number of hydrogen-bond donors (Lipinski definition) is 0. The van der Waals surface area contributed by atoms with Gasteiger partial charge in [-0.2, -0.15) is 0 Å². The van der Waals surface area contributed by atoms with Gasteiger partial charge in [0.25, 0.3) is 0 Å². The van der Waals surface area contributed by atoms with Crippen molar-refractivity contribution in [2.75, 3.05) is 11.9 Å². The van der Waals surface area contributed by atoms with E-state index in [1.54, 1.807) is 7.05 Å². The summed E-state index contributed by atoms with van der Waals surface area (Å²) < 4.78 is 17.2. The van der Waals surface area contributed by atoms with E-state index in [4.69, 9.17) is 25.6 Å². The van der Waals surface area contributed by atoms with E-state index < -0.39 is 18.3 Å². The molecule has 1 fully saturated rings. The van der Waals surface area contributed by atoms with Crippen molar-refractivity contribution in [1.29, 1.82) is 0 Å². The molecule has 5 nitrogen and oxygen atoms in total. The summed E-state index contributed by atoms with van der Waals surface area (Å²) in [6, 6.07) is 3.69. The Labute approximate surface area is 135 Å². The van der Waals surface area contributed by atoms with Gasteiger partial charge in [-0.05, 0) is 33.8 Å². The number of nitrogens with zero attached hydrogens (tertiary/aromatic N) is 1. The van der Waals surface area contributed by atoms with E-state index in [9.17, 15) is 4.79 Å². The number of cyclic esters (lactones) is 1. The Morgan fingerprint density at radius 2 is 1.77 bits per heavy atom. The molecule has 0 saturated carbocycles. The lowest BCUT2D eigenvalue weighted by Gasteiger charge is -2.32. The third-order valence-corrected chi connectivity index (χ3v) is 5.18. The molecule has 0 radical (unpaired) electrons. The van der Waals surface area contributed by atoms with E-state index in [1.807, 2.05) is 39.8 Å². The fourth-order valence-corrected chi connectivity index (χ4v) is 2.87. The second-order valence-corrected chi connectivity index (χ2v) is 7.05. The zero-order valence-corrected chi connectivity index (χ0v) is 14.2. The van der Waals surface area contributed by atoms with Crippen LogP contribution in [-0.4, -0.2) is 31.5 Å². The normalized spacial score (nSPS) is 22.5. The summed E-state index contributed by atoms with van der Waals surface area (Å²) in [5, 5.41) is 0.523. The number of ether oxygens (including phenoxy) is 1. The molecule has 1 amide bonds. The minimum absolute atomic E-state index is 0.157. The zero-order valence-electron chi connectivity index (χ0n) is 13.4. The summed E-state index contributed by atoms with van der Waals surface area (Å²) in [6.07, 6.45) is -0.382. The highest BCUT2D eigenvalue weighted by atomic mass is 35.5. The predicted molar refractivity (Wildman–Crippen MR) is 85.8 cm³/mol. The first kappa shape index (κ1) is 15.7. The van der Waals surface area contributed by atoms with Gasteiger partial charge in [0.15, 0.2) is 0 Å². The molecule has 0 atom stereocenters. The molecule has 2 aliphatic rings. The van der Waals surface area contributed by atoms with Crippen LogP contribution < -0.4 is 10.4 Å². The summed E-state index contributed by atoms with van der Waals surface area (Å²) in [4.78, 5) is 13.0. The molecule has 22 heavy (non-hydrogen) atoms. The summed E-state index contributed by atoms with van der Waals surface area (Å²) >= 11 is 6.53. The first-order valence-corrected chi connectivity index (χ1v) is 7.59. The largest absolute Gasteiger partial charge is 0.496 e. The van der Waals surface area contributed by atoms with Gasteiger partial charge in [0.2, 0.25) is 0 Å². The molecule has 0 spiro atoms. The Morgan fingerprint density at radius 3 is 2.36 bits per heavy atom. The third-order valence-electron chi connectivity index (χ3n) is 4.73. The number of hydrogen-bond acceptors (Lipinski definition) is 4. The van der Waals surface area contributed by atoms with E-state index in [-0.39, 0.29) is 12.7 Å². The number of halogens is 1. The minimum Gasteiger partial charge on any atom is -0.444 e. The zero-order chi connectivity index (χ0) is 16.3. The van der Waals surface area contributed by atoms with E-state index in [0.29, 0.717) is 5.02 Å². The Morgan fingerprint density at radius 1 is 1.18 bits per heavy atom. The highest BCUT2D eigenvalue weighted by molar-refractivity contribution is 6.66. The summed E-state index contributed by atoms with van der Waals surface area (Å²) in [7, 11) is 1.12. The topological polar surface area (TPSA) is 48.0 Å². The Hall–Kier alpha value is -1.24. The van der Waals surface area contributed by atoms with Gasteiger partial charge in [-0.3, -0.25) is 4.90 Å². The summed E-state index contributed by atoms with van der Waals surface area (Å²) in [5.41, 5.74) is 1.42. The standard InChI is InChI=1S/C15H19BClNO4/c1-14(2)15(3,4)22-16(21-14)10-6-7-11-9(12(10)17)8-20-13(19)18(11)5/h6-7H,8H2,1-5H3. The lowest BCUT2D eigenvalue weighted by molar-refractivity contribution is 0.00578. The molecular weight excluding hydrogens is 304 g/mol. The Balaban J connectivity index is 2.00. The molecule has 2 heterocycles. The molecule has 0 bridgehead atoms. The van der Waals surface area contributed by atoms with Gasteiger partial charge >= 0.3 is 13.2 Å². The monoisotopic (exact) mass is 323 g/mol. The second-order valence-electron chi connectivity index (χ2n) is 6.67. The number of rotatable bonds is 1. The molecule has 7 heteroatoms. The van der Waals surface area contributed by atoms with Gasteiger partial charge in [-0.1, -0.05) is 17.7 Å². The molecule has 1 aromatic rings. The summed E-state index contributed by atoms with van der Waals surface area (Å²) in [6.45, 7) is 8.14. The first-order valence-electron chi connectivity index (χ1n) is 7.21. The Bertz CT molecular complexity index is 631.